The van der Waals surface area contributed by atoms with Crippen LogP contribution in [0.1, 0.15) is 16.8 Å². The molecule has 0 aliphatic rings. The van der Waals surface area contributed by atoms with Gasteiger partial charge in [-0.25, -0.2) is 19.6 Å². The van der Waals surface area contributed by atoms with Crippen molar-refractivity contribution in [3.8, 4) is 16.8 Å². The minimum atomic E-state index is -4.82. The Hall–Kier alpha value is -3.49. The Morgan fingerprint density at radius 2 is 1.78 bits per heavy atom. The number of aliphatic hydroxyl groups is 1. The minimum absolute atomic E-state index is 0.0118. The predicted molar refractivity (Wildman–Crippen MR) is 147 cm³/mol. The molecule has 1 heterocycles. The van der Waals surface area contributed by atoms with Crippen LogP contribution in [0.3, 0.4) is 0 Å². The number of hydrazine groups is 1. The van der Waals surface area contributed by atoms with Crippen molar-refractivity contribution in [1.82, 2.24) is 9.55 Å². The molecule has 1 atom stereocenters. The summed E-state index contributed by atoms with van der Waals surface area (Å²) >= 11 is 12.3. The number of rotatable bonds is 7. The van der Waals surface area contributed by atoms with Crippen molar-refractivity contribution in [2.75, 3.05) is 11.3 Å². The summed E-state index contributed by atoms with van der Waals surface area (Å²) in [5, 5.41) is 10.8. The molecule has 0 saturated carbocycles. The van der Waals surface area contributed by atoms with E-state index in [1.807, 2.05) is 0 Å². The average Bonchev–Trinajstić information content (AvgIpc) is 3.39. The number of imidazole rings is 1. The quantitative estimate of drug-likeness (QED) is 0.131. The molecule has 1 aromatic heterocycles. The summed E-state index contributed by atoms with van der Waals surface area (Å²) in [6, 6.07) is 8.88. The van der Waals surface area contributed by atoms with Crippen molar-refractivity contribution < 1.29 is 31.3 Å². The van der Waals surface area contributed by atoms with Gasteiger partial charge in [-0.2, -0.15) is 13.2 Å². The van der Waals surface area contributed by atoms with Crippen molar-refractivity contribution in [2.45, 2.75) is 17.7 Å². The molecule has 0 aliphatic carbocycles. The van der Waals surface area contributed by atoms with Gasteiger partial charge in [0.1, 0.15) is 23.6 Å². The van der Waals surface area contributed by atoms with Gasteiger partial charge < -0.3 is 15.4 Å². The third-order valence-corrected chi connectivity index (χ3v) is 7.55. The van der Waals surface area contributed by atoms with E-state index in [1.165, 1.54) is 36.6 Å². The van der Waals surface area contributed by atoms with Crippen molar-refractivity contribution in [3.05, 3.63) is 99.7 Å². The van der Waals surface area contributed by atoms with Crippen molar-refractivity contribution in [3.63, 3.8) is 0 Å². The first-order chi connectivity index (χ1) is 19.3. The second-order valence-corrected chi connectivity index (χ2v) is 10.8. The van der Waals surface area contributed by atoms with Gasteiger partial charge in [0.2, 0.25) is 0 Å². The lowest BCUT2D eigenvalue weighted by Crippen LogP contribution is -2.31. The fourth-order valence-corrected chi connectivity index (χ4v) is 5.40. The van der Waals surface area contributed by atoms with Crippen LogP contribution in [0.4, 0.5) is 27.6 Å². The average molecular weight is 632 g/mol. The smallest absolute Gasteiger partial charge is 0.403 e. The van der Waals surface area contributed by atoms with Gasteiger partial charge in [0.25, 0.3) is 0 Å². The number of halogens is 7. The molecule has 0 radical (unpaired) electrons. The van der Waals surface area contributed by atoms with Gasteiger partial charge in [0.05, 0.1) is 33.8 Å². The number of aromatic nitrogens is 2. The first-order valence-electron chi connectivity index (χ1n) is 11.4. The van der Waals surface area contributed by atoms with Gasteiger partial charge in [-0.1, -0.05) is 23.2 Å². The molecule has 0 saturated heterocycles. The zero-order valence-corrected chi connectivity index (χ0v) is 23.2. The molecule has 216 valence electrons. The lowest BCUT2D eigenvalue weighted by atomic mass is 10.0. The molecular formula is C26H20Cl2F5N5O2S. The fraction of sp³-hybridized carbons (Fsp3) is 0.115. The number of hydrogen-bond acceptors (Lipinski definition) is 6. The van der Waals surface area contributed by atoms with Crippen LogP contribution in [0, 0.1) is 11.6 Å². The van der Waals surface area contributed by atoms with Crippen LogP contribution in [-0.4, -0.2) is 25.1 Å². The molecule has 7 nitrogen and oxygen atoms in total. The van der Waals surface area contributed by atoms with Crippen molar-refractivity contribution in [2.24, 2.45) is 11.6 Å². The minimum Gasteiger partial charge on any atom is -0.403 e. The maximum absolute atomic E-state index is 15.9. The molecule has 0 aliphatic heterocycles. The molecule has 1 unspecified atom stereocenters. The SMILES string of the molecule is CS(=O)c1cc(-c2cc(F)c(-n3cnc(C(F)(F)F)c3)c(N(N)/C(=C\N)c3ccc(Cl)cc3Cl)c2)cc(F)c1CO. The van der Waals surface area contributed by atoms with Crippen LogP contribution >= 0.6 is 23.2 Å². The fourth-order valence-electron chi connectivity index (χ4n) is 4.10. The number of benzene rings is 3. The second kappa shape index (κ2) is 11.8. The lowest BCUT2D eigenvalue weighted by molar-refractivity contribution is -0.140. The second-order valence-electron chi connectivity index (χ2n) is 8.58. The van der Waals surface area contributed by atoms with Crippen LogP contribution in [0.2, 0.25) is 10.0 Å². The first-order valence-corrected chi connectivity index (χ1v) is 13.7. The standard InChI is InChI=1S/C26H20Cl2F5N5O2S/c1-41(40)23-7-14(4-19(29)17(23)11-39)13-5-20(30)25(37-10-24(36-12-37)26(31,32)33)21(6-13)38(35)22(9-34)16-3-2-15(27)8-18(16)28/h2-10,12,39H,11,34-35H2,1H3/b22-9-. The summed E-state index contributed by atoms with van der Waals surface area (Å²) in [5.74, 6) is 4.44. The topological polar surface area (TPSA) is 110 Å². The van der Waals surface area contributed by atoms with Gasteiger partial charge in [-0.05, 0) is 53.6 Å². The van der Waals surface area contributed by atoms with Crippen LogP contribution in [-0.2, 0) is 23.6 Å². The van der Waals surface area contributed by atoms with Gasteiger partial charge >= 0.3 is 6.18 Å². The summed E-state index contributed by atoms with van der Waals surface area (Å²) < 4.78 is 83.7. The highest BCUT2D eigenvalue weighted by Gasteiger charge is 2.34. The number of hydrogen-bond donors (Lipinski definition) is 3. The van der Waals surface area contributed by atoms with Crippen LogP contribution in [0.5, 0.6) is 0 Å². The van der Waals surface area contributed by atoms with Crippen LogP contribution in [0.25, 0.3) is 22.5 Å². The number of alkyl halides is 3. The van der Waals surface area contributed by atoms with E-state index in [9.17, 15) is 26.9 Å². The number of anilines is 1. The van der Waals surface area contributed by atoms with E-state index in [0.717, 1.165) is 34.2 Å². The van der Waals surface area contributed by atoms with Crippen LogP contribution in [0.15, 0.2) is 66.1 Å². The zero-order chi connectivity index (χ0) is 30.2. The van der Waals surface area contributed by atoms with Gasteiger partial charge in [-0.3, -0.25) is 9.22 Å². The van der Waals surface area contributed by atoms with E-state index in [0.29, 0.717) is 11.2 Å². The molecule has 41 heavy (non-hydrogen) atoms. The predicted octanol–water partition coefficient (Wildman–Crippen LogP) is 6.01. The molecule has 0 spiro atoms. The Bertz CT molecular complexity index is 1690. The summed E-state index contributed by atoms with van der Waals surface area (Å²) in [6.07, 6.45) is -1.16. The Balaban J connectivity index is 1.99. The Morgan fingerprint density at radius 3 is 2.34 bits per heavy atom. The van der Waals surface area contributed by atoms with E-state index in [2.05, 4.69) is 4.98 Å². The molecular weight excluding hydrogens is 612 g/mol. The maximum atomic E-state index is 15.9. The largest absolute Gasteiger partial charge is 0.434 e. The first kappa shape index (κ1) is 30.5. The maximum Gasteiger partial charge on any atom is 0.434 e. The normalized spacial score (nSPS) is 13.0. The third kappa shape index (κ3) is 6.09. The van der Waals surface area contributed by atoms with E-state index < -0.39 is 46.6 Å². The molecule has 4 aromatic rings. The highest BCUT2D eigenvalue weighted by molar-refractivity contribution is 7.84. The Kier molecular flexibility index (Phi) is 8.76. The molecule has 0 amide bonds. The Labute approximate surface area is 242 Å². The van der Waals surface area contributed by atoms with Crippen molar-refractivity contribution >= 4 is 45.4 Å². The van der Waals surface area contributed by atoms with E-state index >= 15 is 4.39 Å². The highest BCUT2D eigenvalue weighted by Crippen LogP contribution is 2.39. The summed E-state index contributed by atoms with van der Waals surface area (Å²) in [4.78, 5) is 3.29. The summed E-state index contributed by atoms with van der Waals surface area (Å²) in [6.45, 7) is -0.731. The van der Waals surface area contributed by atoms with Gasteiger partial charge in [0.15, 0.2) is 5.69 Å². The number of nitrogens with zero attached hydrogens (tertiary/aromatic N) is 3. The Morgan fingerprint density at radius 1 is 1.12 bits per heavy atom. The lowest BCUT2D eigenvalue weighted by Gasteiger charge is -2.26. The van der Waals surface area contributed by atoms with Gasteiger partial charge in [-0.15, -0.1) is 0 Å². The molecule has 0 bridgehead atoms. The molecule has 3 aromatic carbocycles. The molecule has 0 fully saturated rings. The monoisotopic (exact) mass is 631 g/mol. The highest BCUT2D eigenvalue weighted by atomic mass is 35.5. The van der Waals surface area contributed by atoms with Crippen molar-refractivity contribution in [1.29, 1.82) is 0 Å². The van der Waals surface area contributed by atoms with Crippen LogP contribution < -0.4 is 16.6 Å². The zero-order valence-electron chi connectivity index (χ0n) is 20.9. The molecule has 4 rings (SSSR count). The van der Waals surface area contributed by atoms with E-state index in [-0.39, 0.29) is 43.6 Å². The number of nitrogens with two attached hydrogens (primary N) is 2. The van der Waals surface area contributed by atoms with Gasteiger partial charge in [0, 0.05) is 39.7 Å². The summed E-state index contributed by atoms with van der Waals surface area (Å²) in [7, 11) is -1.73. The third-order valence-electron chi connectivity index (χ3n) is 6.01. The summed E-state index contributed by atoms with van der Waals surface area (Å²) in [5.41, 5.74) is 4.02. The molecule has 15 heteroatoms. The number of aliphatic hydroxyl groups excluding tert-OH is 1. The van der Waals surface area contributed by atoms with E-state index in [1.54, 1.807) is 0 Å². The van der Waals surface area contributed by atoms with E-state index in [4.69, 9.17) is 34.8 Å². The molecule has 5 N–H and O–H groups in total.